The lowest BCUT2D eigenvalue weighted by Crippen LogP contribution is -2.35. The van der Waals surface area contributed by atoms with Gasteiger partial charge in [-0.25, -0.2) is 0 Å². The molecule has 0 fully saturated rings. The van der Waals surface area contributed by atoms with Gasteiger partial charge in [0.05, 0.1) is 5.92 Å². The number of nitrogens with zero attached hydrogens (tertiary/aromatic N) is 1. The molecule has 0 aliphatic carbocycles. The normalized spacial score (nSPS) is 16.2. The van der Waals surface area contributed by atoms with E-state index in [0.29, 0.717) is 25.2 Å². The van der Waals surface area contributed by atoms with Crippen LogP contribution in [0.2, 0.25) is 0 Å². The predicted octanol–water partition coefficient (Wildman–Crippen LogP) is 1.48. The molecule has 1 unspecified atom stereocenters. The average Bonchev–Trinajstić information content (AvgIpc) is 2.59. The van der Waals surface area contributed by atoms with E-state index < -0.39 is 5.92 Å². The summed E-state index contributed by atoms with van der Waals surface area (Å²) in [5.41, 5.74) is 1.49. The lowest BCUT2D eigenvalue weighted by Gasteiger charge is -2.24. The van der Waals surface area contributed by atoms with Crippen LogP contribution in [0.3, 0.4) is 0 Å². The van der Waals surface area contributed by atoms with E-state index in [2.05, 4.69) is 10.6 Å². The largest absolute Gasteiger partial charge is 0.355 e. The Labute approximate surface area is 139 Å². The van der Waals surface area contributed by atoms with E-state index in [9.17, 15) is 14.4 Å². The molecule has 0 radical (unpaired) electrons. The van der Waals surface area contributed by atoms with Gasteiger partial charge in [0.25, 0.3) is 0 Å². The van der Waals surface area contributed by atoms with Crippen LogP contribution in [0.4, 0.5) is 5.69 Å². The van der Waals surface area contributed by atoms with Gasteiger partial charge in [0.1, 0.15) is 0 Å². The van der Waals surface area contributed by atoms with Crippen LogP contribution in [0, 0.1) is 0 Å². The molecule has 2 N–H and O–H groups in total. The van der Waals surface area contributed by atoms with Gasteiger partial charge in [0.15, 0.2) is 0 Å². The molecular weight excluding hydrogens is 306 g/mol. The van der Waals surface area contributed by atoms with Crippen molar-refractivity contribution >= 4 is 17.5 Å². The fraction of sp³-hybridized carbons (Fsp3) is 0.278. The first kappa shape index (κ1) is 16.0. The van der Waals surface area contributed by atoms with Gasteiger partial charge >= 0.3 is 0 Å². The first-order valence-corrected chi connectivity index (χ1v) is 7.97. The molecular formula is C18H19N3O3. The highest BCUT2D eigenvalue weighted by atomic mass is 16.2. The number of amides is 2. The van der Waals surface area contributed by atoms with E-state index in [1.165, 1.54) is 6.07 Å². The highest BCUT2D eigenvalue weighted by Crippen LogP contribution is 2.31. The highest BCUT2D eigenvalue weighted by Gasteiger charge is 2.29. The van der Waals surface area contributed by atoms with Crippen LogP contribution in [-0.2, 0) is 16.1 Å². The first-order chi connectivity index (χ1) is 11.6. The zero-order valence-corrected chi connectivity index (χ0v) is 13.2. The Morgan fingerprint density at radius 3 is 2.79 bits per heavy atom. The topological polar surface area (TPSA) is 80.2 Å². The molecule has 6 heteroatoms. The molecule has 3 rings (SSSR count). The van der Waals surface area contributed by atoms with Crippen molar-refractivity contribution in [3.63, 3.8) is 0 Å². The molecule has 0 spiro atoms. The number of benzene rings is 1. The lowest BCUT2D eigenvalue weighted by atomic mass is 9.90. The van der Waals surface area contributed by atoms with Crippen LogP contribution < -0.4 is 16.2 Å². The van der Waals surface area contributed by atoms with Crippen LogP contribution >= 0.6 is 0 Å². The second-order valence-electron chi connectivity index (χ2n) is 5.77. The summed E-state index contributed by atoms with van der Waals surface area (Å²) in [4.78, 5) is 35.8. The second kappa shape index (κ2) is 7.12. The third kappa shape index (κ3) is 3.53. The van der Waals surface area contributed by atoms with E-state index in [1.807, 2.05) is 18.2 Å². The minimum Gasteiger partial charge on any atom is -0.355 e. The van der Waals surface area contributed by atoms with Crippen LogP contribution in [0.15, 0.2) is 53.5 Å². The number of carbonyl (C=O) groups is 2. The Hall–Kier alpha value is -2.89. The number of hydrogen-bond donors (Lipinski definition) is 2. The summed E-state index contributed by atoms with van der Waals surface area (Å²) in [6.07, 6.45) is 2.53. The van der Waals surface area contributed by atoms with E-state index in [4.69, 9.17) is 0 Å². The number of anilines is 1. The molecule has 124 valence electrons. The average molecular weight is 325 g/mol. The molecule has 24 heavy (non-hydrogen) atoms. The van der Waals surface area contributed by atoms with Crippen molar-refractivity contribution in [1.29, 1.82) is 0 Å². The minimum absolute atomic E-state index is 0.0540. The quantitative estimate of drug-likeness (QED) is 0.817. The molecule has 2 amide bonds. The maximum atomic E-state index is 12.4. The van der Waals surface area contributed by atoms with Gasteiger partial charge in [-0.3, -0.25) is 14.4 Å². The summed E-state index contributed by atoms with van der Waals surface area (Å²) in [7, 11) is 0. The smallest absolute Gasteiger partial charge is 0.250 e. The summed E-state index contributed by atoms with van der Waals surface area (Å²) >= 11 is 0. The number of pyridine rings is 1. The molecule has 0 bridgehead atoms. The first-order valence-electron chi connectivity index (χ1n) is 7.97. The number of nitrogens with one attached hydrogen (secondary N) is 2. The standard InChI is InChI=1S/C18H19N3O3/c22-16-12-14(13-6-1-2-7-15(13)20-16)18(24)19-9-5-11-21-10-4-3-8-17(21)23/h1-4,6-8,10,14H,5,9,11-12H2,(H,19,24)(H,20,22). The molecule has 1 aliphatic heterocycles. The molecule has 1 aromatic heterocycles. The second-order valence-corrected chi connectivity index (χ2v) is 5.77. The monoisotopic (exact) mass is 325 g/mol. The minimum atomic E-state index is -0.464. The van der Waals surface area contributed by atoms with Gasteiger partial charge in [-0.2, -0.15) is 0 Å². The van der Waals surface area contributed by atoms with Crippen molar-refractivity contribution in [2.24, 2.45) is 0 Å². The van der Waals surface area contributed by atoms with Gasteiger partial charge in [-0.1, -0.05) is 24.3 Å². The van der Waals surface area contributed by atoms with Crippen LogP contribution in [0.25, 0.3) is 0 Å². The van der Waals surface area contributed by atoms with Crippen molar-refractivity contribution in [3.8, 4) is 0 Å². The van der Waals surface area contributed by atoms with Crippen molar-refractivity contribution in [1.82, 2.24) is 9.88 Å². The Morgan fingerprint density at radius 2 is 1.96 bits per heavy atom. The van der Waals surface area contributed by atoms with Crippen molar-refractivity contribution < 1.29 is 9.59 Å². The summed E-state index contributed by atoms with van der Waals surface area (Å²) in [5, 5.41) is 5.65. The Bertz CT molecular complexity index is 813. The fourth-order valence-electron chi connectivity index (χ4n) is 2.87. The molecule has 0 saturated heterocycles. The number of carbonyl (C=O) groups excluding carboxylic acids is 2. The Morgan fingerprint density at radius 1 is 1.17 bits per heavy atom. The lowest BCUT2D eigenvalue weighted by molar-refractivity contribution is -0.126. The van der Waals surface area contributed by atoms with Gasteiger partial charge in [0.2, 0.25) is 17.4 Å². The van der Waals surface area contributed by atoms with E-state index in [-0.39, 0.29) is 23.8 Å². The van der Waals surface area contributed by atoms with Crippen LogP contribution in [0.5, 0.6) is 0 Å². The third-order valence-corrected chi connectivity index (χ3v) is 4.09. The van der Waals surface area contributed by atoms with E-state index in [1.54, 1.807) is 29.0 Å². The summed E-state index contributed by atoms with van der Waals surface area (Å²) in [5.74, 6) is -0.767. The van der Waals surface area contributed by atoms with Gasteiger partial charge in [-0.05, 0) is 24.1 Å². The summed E-state index contributed by atoms with van der Waals surface area (Å²) < 4.78 is 1.61. The summed E-state index contributed by atoms with van der Waals surface area (Å²) in [6.45, 7) is 1.00. The van der Waals surface area contributed by atoms with Crippen molar-refractivity contribution in [3.05, 3.63) is 64.6 Å². The zero-order valence-electron chi connectivity index (χ0n) is 13.2. The van der Waals surface area contributed by atoms with Crippen LogP contribution in [0.1, 0.15) is 24.3 Å². The van der Waals surface area contributed by atoms with Gasteiger partial charge in [-0.15, -0.1) is 0 Å². The van der Waals surface area contributed by atoms with Gasteiger partial charge in [0, 0.05) is 37.5 Å². The molecule has 1 aliphatic rings. The predicted molar refractivity (Wildman–Crippen MR) is 90.8 cm³/mol. The van der Waals surface area contributed by atoms with E-state index >= 15 is 0 Å². The molecule has 6 nitrogen and oxygen atoms in total. The maximum Gasteiger partial charge on any atom is 0.250 e. The zero-order chi connectivity index (χ0) is 16.9. The van der Waals surface area contributed by atoms with E-state index in [0.717, 1.165) is 5.56 Å². The third-order valence-electron chi connectivity index (χ3n) is 4.09. The highest BCUT2D eigenvalue weighted by molar-refractivity contribution is 6.01. The van der Waals surface area contributed by atoms with Crippen molar-refractivity contribution in [2.45, 2.75) is 25.3 Å². The number of fused-ring (bicyclic) bond motifs is 1. The SMILES string of the molecule is O=C1CC(C(=O)NCCCn2ccccc2=O)c2ccccc2N1. The maximum absolute atomic E-state index is 12.4. The number of para-hydroxylation sites is 1. The number of aryl methyl sites for hydroxylation is 1. The number of aromatic nitrogens is 1. The molecule has 0 saturated carbocycles. The Balaban J connectivity index is 1.57. The molecule has 1 aromatic carbocycles. The van der Waals surface area contributed by atoms with Crippen LogP contribution in [-0.4, -0.2) is 22.9 Å². The fourth-order valence-corrected chi connectivity index (χ4v) is 2.87. The molecule has 2 aromatic rings. The molecule has 2 heterocycles. The number of hydrogen-bond acceptors (Lipinski definition) is 3. The summed E-state index contributed by atoms with van der Waals surface area (Å²) in [6, 6.07) is 12.4. The Kier molecular flexibility index (Phi) is 4.74. The van der Waals surface area contributed by atoms with Gasteiger partial charge < -0.3 is 15.2 Å². The number of rotatable bonds is 5. The molecule has 1 atom stereocenters. The van der Waals surface area contributed by atoms with Crippen molar-refractivity contribution in [2.75, 3.05) is 11.9 Å².